The highest BCUT2D eigenvalue weighted by atomic mass is 35.5. The van der Waals surface area contributed by atoms with E-state index < -0.39 is 23.6 Å². The van der Waals surface area contributed by atoms with Crippen molar-refractivity contribution >= 4 is 17.4 Å². The van der Waals surface area contributed by atoms with Gasteiger partial charge in [0.15, 0.2) is 5.78 Å². The highest BCUT2D eigenvalue weighted by molar-refractivity contribution is 6.34. The van der Waals surface area contributed by atoms with E-state index in [-0.39, 0.29) is 27.6 Å². The molecule has 31 heavy (non-hydrogen) atoms. The zero-order valence-corrected chi connectivity index (χ0v) is 18.3. The molecule has 166 valence electrons. The van der Waals surface area contributed by atoms with E-state index in [4.69, 9.17) is 11.6 Å². The first kappa shape index (κ1) is 22.3. The molecular formula is C24H25ClF3NO2. The molecule has 2 aliphatic carbocycles. The van der Waals surface area contributed by atoms with Gasteiger partial charge >= 0.3 is 6.18 Å². The van der Waals surface area contributed by atoms with Crippen molar-refractivity contribution < 1.29 is 23.1 Å². The second kappa shape index (κ2) is 7.89. The monoisotopic (exact) mass is 451 g/mol. The Labute approximate surface area is 184 Å². The zero-order chi connectivity index (χ0) is 22.6. The average Bonchev–Trinajstić information content (AvgIpc) is 3.19. The van der Waals surface area contributed by atoms with Crippen molar-refractivity contribution in [3.05, 3.63) is 62.9 Å². The lowest BCUT2D eigenvalue weighted by Gasteiger charge is -2.37. The molecule has 7 heteroatoms. The molecular weight excluding hydrogens is 427 g/mol. The number of hydrogen-bond acceptors (Lipinski definition) is 3. The number of aliphatic hydroxyl groups is 1. The van der Waals surface area contributed by atoms with Crippen LogP contribution in [-0.4, -0.2) is 15.9 Å². The standard InChI is InChI=1S/C24H25ClF3NO2/c1-23(2)11-16-19(17(30)12-23)18(13-5-3-4-6-13)20(22(25)29-16)21(31)14-7-9-15(10-8-14)24(26,27)28/h7-10,13,17,30H,3-6,11-12H2,1-2H3. The summed E-state index contributed by atoms with van der Waals surface area (Å²) in [5, 5.41) is 11.1. The van der Waals surface area contributed by atoms with Crippen LogP contribution in [0.1, 0.15) is 96.3 Å². The summed E-state index contributed by atoms with van der Waals surface area (Å²) in [6.07, 6.45) is -0.211. The third-order valence-corrected chi connectivity index (χ3v) is 6.77. The minimum atomic E-state index is -4.47. The minimum Gasteiger partial charge on any atom is -0.388 e. The van der Waals surface area contributed by atoms with Crippen molar-refractivity contribution in [2.24, 2.45) is 5.41 Å². The second-order valence-electron chi connectivity index (χ2n) is 9.50. The smallest absolute Gasteiger partial charge is 0.388 e. The first-order valence-electron chi connectivity index (χ1n) is 10.6. The normalized spacial score (nSPS) is 21.2. The van der Waals surface area contributed by atoms with Gasteiger partial charge < -0.3 is 5.11 Å². The number of fused-ring (bicyclic) bond motifs is 1. The molecule has 1 N–H and O–H groups in total. The molecule has 0 spiro atoms. The Balaban J connectivity index is 1.86. The van der Waals surface area contributed by atoms with Crippen LogP contribution in [0.5, 0.6) is 0 Å². The lowest BCUT2D eigenvalue weighted by atomic mass is 9.71. The van der Waals surface area contributed by atoms with Crippen LogP contribution in [0.2, 0.25) is 5.15 Å². The summed E-state index contributed by atoms with van der Waals surface area (Å²) in [6, 6.07) is 4.16. The molecule has 1 atom stereocenters. The van der Waals surface area contributed by atoms with Gasteiger partial charge in [-0.05, 0) is 54.7 Å². The third-order valence-electron chi connectivity index (χ3n) is 6.50. The Morgan fingerprint density at radius 2 is 1.74 bits per heavy atom. The SMILES string of the molecule is CC1(C)Cc2nc(Cl)c(C(=O)c3ccc(C(F)(F)F)cc3)c(C3CCCC3)c2C(O)C1. The zero-order valence-electron chi connectivity index (χ0n) is 17.5. The van der Waals surface area contributed by atoms with Crippen LogP contribution in [0.25, 0.3) is 0 Å². The van der Waals surface area contributed by atoms with Gasteiger partial charge in [0.25, 0.3) is 0 Å². The number of pyridine rings is 1. The van der Waals surface area contributed by atoms with Crippen LogP contribution in [0, 0.1) is 5.41 Å². The number of hydrogen-bond donors (Lipinski definition) is 1. The maximum absolute atomic E-state index is 13.4. The largest absolute Gasteiger partial charge is 0.416 e. The Morgan fingerprint density at radius 3 is 2.32 bits per heavy atom. The van der Waals surface area contributed by atoms with Crippen molar-refractivity contribution in [3.63, 3.8) is 0 Å². The van der Waals surface area contributed by atoms with Crippen LogP contribution >= 0.6 is 11.6 Å². The van der Waals surface area contributed by atoms with Gasteiger partial charge in [0.2, 0.25) is 0 Å². The molecule has 1 fully saturated rings. The predicted molar refractivity (Wildman–Crippen MR) is 112 cm³/mol. The molecule has 3 nitrogen and oxygen atoms in total. The molecule has 0 aliphatic heterocycles. The lowest BCUT2D eigenvalue weighted by molar-refractivity contribution is -0.137. The molecule has 0 amide bonds. The maximum atomic E-state index is 13.4. The van der Waals surface area contributed by atoms with E-state index in [9.17, 15) is 23.1 Å². The summed E-state index contributed by atoms with van der Waals surface area (Å²) in [6.45, 7) is 4.12. The summed E-state index contributed by atoms with van der Waals surface area (Å²) in [5.74, 6) is -0.369. The highest BCUT2D eigenvalue weighted by Gasteiger charge is 2.39. The van der Waals surface area contributed by atoms with Gasteiger partial charge in [-0.1, -0.05) is 50.4 Å². The molecule has 0 saturated heterocycles. The number of aliphatic hydroxyl groups excluding tert-OH is 1. The number of halogens is 4. The Kier molecular flexibility index (Phi) is 5.67. The number of rotatable bonds is 3. The van der Waals surface area contributed by atoms with Crippen molar-refractivity contribution in [2.75, 3.05) is 0 Å². The first-order chi connectivity index (χ1) is 14.5. The molecule has 1 heterocycles. The van der Waals surface area contributed by atoms with Crippen LogP contribution < -0.4 is 0 Å². The first-order valence-corrected chi connectivity index (χ1v) is 11.0. The number of benzene rings is 1. The molecule has 4 rings (SSSR count). The van der Waals surface area contributed by atoms with Crippen LogP contribution in [-0.2, 0) is 12.6 Å². The fourth-order valence-electron chi connectivity index (χ4n) is 5.10. The Morgan fingerprint density at radius 1 is 1.13 bits per heavy atom. The minimum absolute atomic E-state index is 0.0652. The molecule has 0 bridgehead atoms. The molecule has 2 aromatic rings. The number of aromatic nitrogens is 1. The van der Waals surface area contributed by atoms with Crippen molar-refractivity contribution in [2.45, 2.75) is 70.6 Å². The third kappa shape index (κ3) is 4.24. The molecule has 1 unspecified atom stereocenters. The quantitative estimate of drug-likeness (QED) is 0.420. The van der Waals surface area contributed by atoms with Gasteiger partial charge in [-0.25, -0.2) is 4.98 Å². The van der Waals surface area contributed by atoms with Crippen molar-refractivity contribution in [1.82, 2.24) is 4.98 Å². The van der Waals surface area contributed by atoms with E-state index >= 15 is 0 Å². The second-order valence-corrected chi connectivity index (χ2v) is 9.86. The number of ketones is 1. The average molecular weight is 452 g/mol. The van der Waals surface area contributed by atoms with E-state index in [0.29, 0.717) is 18.4 Å². The van der Waals surface area contributed by atoms with E-state index in [0.717, 1.165) is 49.1 Å². The molecule has 0 radical (unpaired) electrons. The fourth-order valence-corrected chi connectivity index (χ4v) is 5.39. The van der Waals surface area contributed by atoms with Crippen molar-refractivity contribution in [3.8, 4) is 0 Å². The van der Waals surface area contributed by atoms with Gasteiger partial charge in [-0.15, -0.1) is 0 Å². The summed E-state index contributed by atoms with van der Waals surface area (Å²) < 4.78 is 38.8. The van der Waals surface area contributed by atoms with E-state index in [1.165, 1.54) is 12.1 Å². The van der Waals surface area contributed by atoms with Gasteiger partial charge in [0.05, 0.1) is 17.2 Å². The van der Waals surface area contributed by atoms with Crippen LogP contribution in [0.3, 0.4) is 0 Å². The van der Waals surface area contributed by atoms with E-state index in [1.807, 2.05) is 0 Å². The molecule has 1 saturated carbocycles. The Hall–Kier alpha value is -1.92. The van der Waals surface area contributed by atoms with Gasteiger partial charge in [-0.3, -0.25) is 4.79 Å². The summed E-state index contributed by atoms with van der Waals surface area (Å²) in [4.78, 5) is 17.9. The number of nitrogens with zero attached hydrogens (tertiary/aromatic N) is 1. The predicted octanol–water partition coefficient (Wildman–Crippen LogP) is 6.65. The Bertz CT molecular complexity index is 1010. The number of carbonyl (C=O) groups is 1. The molecule has 2 aliphatic rings. The number of alkyl halides is 3. The molecule has 1 aromatic heterocycles. The van der Waals surface area contributed by atoms with E-state index in [1.54, 1.807) is 0 Å². The van der Waals surface area contributed by atoms with Gasteiger partial charge in [0, 0.05) is 16.8 Å². The lowest BCUT2D eigenvalue weighted by Crippen LogP contribution is -2.29. The topological polar surface area (TPSA) is 50.2 Å². The van der Waals surface area contributed by atoms with Crippen LogP contribution in [0.4, 0.5) is 13.2 Å². The summed E-state index contributed by atoms with van der Waals surface area (Å²) in [5.41, 5.74) is 1.57. The molecule has 1 aromatic carbocycles. The fraction of sp³-hybridized carbons (Fsp3) is 0.500. The summed E-state index contributed by atoms with van der Waals surface area (Å²) >= 11 is 6.54. The van der Waals surface area contributed by atoms with Gasteiger partial charge in [0.1, 0.15) is 5.15 Å². The number of carbonyl (C=O) groups excluding carboxylic acids is 1. The van der Waals surface area contributed by atoms with E-state index in [2.05, 4.69) is 18.8 Å². The van der Waals surface area contributed by atoms with Gasteiger partial charge in [-0.2, -0.15) is 13.2 Å². The highest BCUT2D eigenvalue weighted by Crippen LogP contribution is 2.48. The summed E-state index contributed by atoms with van der Waals surface area (Å²) in [7, 11) is 0. The maximum Gasteiger partial charge on any atom is 0.416 e. The van der Waals surface area contributed by atoms with Crippen LogP contribution in [0.15, 0.2) is 24.3 Å². The van der Waals surface area contributed by atoms with Crippen molar-refractivity contribution in [1.29, 1.82) is 0 Å².